The first-order valence-electron chi connectivity index (χ1n) is 9.62. The number of allylic oxidation sites excluding steroid dienone is 3. The molecular weight excluding hydrogens is 322 g/mol. The first kappa shape index (κ1) is 15.7. The molecule has 26 heavy (non-hydrogen) atoms. The maximum Gasteiger partial charge on any atom is 0.151 e. The molecule has 5 rings (SSSR count). The number of aliphatic imine (C=N–C) groups is 2. The summed E-state index contributed by atoms with van der Waals surface area (Å²) in [5, 5.41) is 8.89. The summed E-state index contributed by atoms with van der Waals surface area (Å²) >= 11 is 0. The predicted octanol–water partition coefficient (Wildman–Crippen LogP) is 4.41. The van der Waals surface area contributed by atoms with Crippen LogP contribution in [0.4, 0.5) is 0 Å². The smallest absolute Gasteiger partial charge is 0.151 e. The second kappa shape index (κ2) is 6.31. The summed E-state index contributed by atoms with van der Waals surface area (Å²) in [6, 6.07) is 6.92. The molecule has 0 bridgehead atoms. The van der Waals surface area contributed by atoms with Crippen LogP contribution in [-0.2, 0) is 0 Å². The zero-order valence-corrected chi connectivity index (χ0v) is 15.1. The molecule has 0 N–H and O–H groups in total. The van der Waals surface area contributed by atoms with Gasteiger partial charge in [0.2, 0.25) is 0 Å². The van der Waals surface area contributed by atoms with Gasteiger partial charge in [-0.05, 0) is 38.3 Å². The van der Waals surface area contributed by atoms with E-state index in [-0.39, 0.29) is 0 Å². The van der Waals surface area contributed by atoms with Crippen molar-refractivity contribution in [2.24, 2.45) is 9.98 Å². The second-order valence-corrected chi connectivity index (χ2v) is 7.61. The van der Waals surface area contributed by atoms with Crippen LogP contribution in [-0.4, -0.2) is 33.1 Å². The molecule has 132 valence electrons. The fourth-order valence-electron chi connectivity index (χ4n) is 4.21. The average molecular weight is 345 g/mol. The number of fused-ring (bicyclic) bond motifs is 1. The van der Waals surface area contributed by atoms with E-state index in [2.05, 4.69) is 57.3 Å². The van der Waals surface area contributed by atoms with E-state index in [0.717, 1.165) is 34.6 Å². The lowest BCUT2D eigenvalue weighted by molar-refractivity contribution is 0.331. The van der Waals surface area contributed by atoms with Crippen LogP contribution in [0.3, 0.4) is 0 Å². The summed E-state index contributed by atoms with van der Waals surface area (Å²) < 4.78 is 2.13. The zero-order chi connectivity index (χ0) is 17.5. The molecule has 1 aliphatic heterocycles. The third kappa shape index (κ3) is 2.71. The van der Waals surface area contributed by atoms with E-state index in [0.29, 0.717) is 12.6 Å². The van der Waals surface area contributed by atoms with Gasteiger partial charge in [0.25, 0.3) is 0 Å². The lowest BCUT2D eigenvalue weighted by Gasteiger charge is -2.21. The molecule has 1 saturated carbocycles. The number of hydrogen-bond donors (Lipinski definition) is 0. The SMILES string of the molecule is CC1=CC=C(C2=NCC(c3ccc4c(c3)nnn4C3CCCCC3)=N2)C1. The molecule has 1 fully saturated rings. The van der Waals surface area contributed by atoms with Gasteiger partial charge in [0.05, 0.1) is 23.8 Å². The highest BCUT2D eigenvalue weighted by molar-refractivity contribution is 6.18. The van der Waals surface area contributed by atoms with Crippen molar-refractivity contribution in [1.29, 1.82) is 0 Å². The van der Waals surface area contributed by atoms with Crippen LogP contribution in [0, 0.1) is 0 Å². The van der Waals surface area contributed by atoms with E-state index < -0.39 is 0 Å². The molecule has 5 heteroatoms. The summed E-state index contributed by atoms with van der Waals surface area (Å²) in [7, 11) is 0. The summed E-state index contributed by atoms with van der Waals surface area (Å²) in [6.45, 7) is 2.79. The predicted molar refractivity (Wildman–Crippen MR) is 105 cm³/mol. The fraction of sp³-hybridized carbons (Fsp3) is 0.429. The Kier molecular flexibility index (Phi) is 3.80. The Morgan fingerprint density at radius 3 is 2.77 bits per heavy atom. The lowest BCUT2D eigenvalue weighted by Crippen LogP contribution is -2.14. The minimum Gasteiger partial charge on any atom is -0.260 e. The van der Waals surface area contributed by atoms with Crippen molar-refractivity contribution in [3.8, 4) is 0 Å². The molecule has 0 spiro atoms. The Labute approximate surface area is 153 Å². The quantitative estimate of drug-likeness (QED) is 0.827. The standard InChI is InChI=1S/C21H23N5/c1-14-7-8-16(11-14)21-22-13-19(23-21)15-9-10-20-18(12-15)24-25-26(20)17-5-3-2-4-6-17/h7-10,12,17H,2-6,11,13H2,1H3. The van der Waals surface area contributed by atoms with Gasteiger partial charge in [-0.25, -0.2) is 9.67 Å². The minimum absolute atomic E-state index is 0.503. The summed E-state index contributed by atoms with van der Waals surface area (Å²) in [5.74, 6) is 0.888. The number of rotatable bonds is 3. The molecule has 1 aromatic heterocycles. The molecular formula is C21H23N5. The first-order chi connectivity index (χ1) is 12.8. The van der Waals surface area contributed by atoms with Gasteiger partial charge in [-0.3, -0.25) is 4.99 Å². The topological polar surface area (TPSA) is 55.4 Å². The van der Waals surface area contributed by atoms with E-state index in [4.69, 9.17) is 4.99 Å². The van der Waals surface area contributed by atoms with Crippen LogP contribution in [0.5, 0.6) is 0 Å². The highest BCUT2D eigenvalue weighted by Crippen LogP contribution is 2.30. The fourth-order valence-corrected chi connectivity index (χ4v) is 4.21. The Balaban J connectivity index is 1.41. The molecule has 0 unspecified atom stereocenters. The molecule has 5 nitrogen and oxygen atoms in total. The van der Waals surface area contributed by atoms with Gasteiger partial charge in [0.15, 0.2) is 5.84 Å². The summed E-state index contributed by atoms with van der Waals surface area (Å²) in [6.07, 6.45) is 11.6. The van der Waals surface area contributed by atoms with Gasteiger partial charge in [0, 0.05) is 11.1 Å². The van der Waals surface area contributed by atoms with Gasteiger partial charge < -0.3 is 0 Å². The number of aromatic nitrogens is 3. The van der Waals surface area contributed by atoms with Crippen LogP contribution in [0.2, 0.25) is 0 Å². The third-order valence-corrected chi connectivity index (χ3v) is 5.67. The van der Waals surface area contributed by atoms with E-state index in [1.165, 1.54) is 43.3 Å². The minimum atomic E-state index is 0.503. The van der Waals surface area contributed by atoms with Gasteiger partial charge in [0.1, 0.15) is 5.52 Å². The lowest BCUT2D eigenvalue weighted by atomic mass is 9.95. The average Bonchev–Trinajstić information content (AvgIpc) is 3.41. The van der Waals surface area contributed by atoms with Crippen molar-refractivity contribution in [3.05, 3.63) is 47.1 Å². The van der Waals surface area contributed by atoms with E-state index >= 15 is 0 Å². The molecule has 1 aromatic carbocycles. The van der Waals surface area contributed by atoms with Crippen LogP contribution in [0.1, 0.15) is 57.1 Å². The van der Waals surface area contributed by atoms with Gasteiger partial charge >= 0.3 is 0 Å². The Morgan fingerprint density at radius 1 is 1.08 bits per heavy atom. The Hall–Kier alpha value is -2.56. The number of benzene rings is 1. The maximum absolute atomic E-state index is 4.79. The zero-order valence-electron chi connectivity index (χ0n) is 15.1. The van der Waals surface area contributed by atoms with E-state index in [1.807, 2.05) is 0 Å². The van der Waals surface area contributed by atoms with Crippen molar-refractivity contribution in [2.45, 2.75) is 51.5 Å². The maximum atomic E-state index is 4.79. The van der Waals surface area contributed by atoms with Crippen molar-refractivity contribution in [2.75, 3.05) is 6.54 Å². The molecule has 0 atom stereocenters. The summed E-state index contributed by atoms with van der Waals surface area (Å²) in [5.41, 5.74) is 6.82. The van der Waals surface area contributed by atoms with E-state index in [1.54, 1.807) is 0 Å². The van der Waals surface area contributed by atoms with Crippen molar-refractivity contribution >= 4 is 22.6 Å². The number of amidine groups is 1. The first-order valence-corrected chi connectivity index (χ1v) is 9.62. The van der Waals surface area contributed by atoms with Crippen LogP contribution < -0.4 is 0 Å². The molecule has 2 heterocycles. The van der Waals surface area contributed by atoms with Gasteiger partial charge in [-0.2, -0.15) is 0 Å². The largest absolute Gasteiger partial charge is 0.260 e. The number of nitrogens with zero attached hydrogens (tertiary/aromatic N) is 5. The molecule has 0 saturated heterocycles. The highest BCUT2D eigenvalue weighted by Gasteiger charge is 2.21. The van der Waals surface area contributed by atoms with Gasteiger partial charge in [-0.1, -0.05) is 48.3 Å². The van der Waals surface area contributed by atoms with Crippen LogP contribution in [0.25, 0.3) is 11.0 Å². The molecule has 0 amide bonds. The monoisotopic (exact) mass is 345 g/mol. The van der Waals surface area contributed by atoms with Crippen molar-refractivity contribution < 1.29 is 0 Å². The Bertz CT molecular complexity index is 983. The summed E-state index contributed by atoms with van der Waals surface area (Å²) in [4.78, 5) is 9.43. The molecule has 2 aliphatic carbocycles. The molecule has 3 aliphatic rings. The van der Waals surface area contributed by atoms with Gasteiger partial charge in [-0.15, -0.1) is 5.10 Å². The highest BCUT2D eigenvalue weighted by atomic mass is 15.4. The van der Waals surface area contributed by atoms with E-state index in [9.17, 15) is 0 Å². The van der Waals surface area contributed by atoms with Crippen molar-refractivity contribution in [1.82, 2.24) is 15.0 Å². The third-order valence-electron chi connectivity index (χ3n) is 5.67. The van der Waals surface area contributed by atoms with Crippen LogP contribution >= 0.6 is 0 Å². The second-order valence-electron chi connectivity index (χ2n) is 7.61. The Morgan fingerprint density at radius 2 is 1.96 bits per heavy atom. The molecule has 0 radical (unpaired) electrons. The van der Waals surface area contributed by atoms with Crippen molar-refractivity contribution in [3.63, 3.8) is 0 Å². The molecule has 2 aromatic rings. The van der Waals surface area contributed by atoms with Crippen LogP contribution in [0.15, 0.2) is 51.5 Å². The normalized spacial score (nSPS) is 21.0. The number of hydrogen-bond acceptors (Lipinski definition) is 4.